The van der Waals surface area contributed by atoms with Crippen LogP contribution in [0.2, 0.25) is 5.15 Å². The van der Waals surface area contributed by atoms with Crippen molar-refractivity contribution in [2.24, 2.45) is 5.92 Å². The van der Waals surface area contributed by atoms with Crippen LogP contribution >= 0.6 is 22.9 Å². The average molecular weight is 445 g/mol. The van der Waals surface area contributed by atoms with E-state index in [0.717, 1.165) is 11.3 Å². The standard InChI is InChI=1S/C21H17ClN2O5S/c1-10-4-12-14-5-15(25)13(21(26)27)7-24(14)20(18-19(22)23-9-30-18)29-17(12)6-16(10)28-8-11-2-3-11/h4-7,9,11,20H,2-3,8H2,1H3,(H,26,27). The van der Waals surface area contributed by atoms with Crippen LogP contribution in [-0.2, 0) is 0 Å². The molecule has 7 nitrogen and oxygen atoms in total. The van der Waals surface area contributed by atoms with Crippen LogP contribution in [0.1, 0.15) is 39.9 Å². The summed E-state index contributed by atoms with van der Waals surface area (Å²) in [6.45, 7) is 2.60. The van der Waals surface area contributed by atoms with E-state index in [1.54, 1.807) is 10.1 Å². The number of carbonyl (C=O) groups is 1. The molecule has 3 heterocycles. The number of aromatic carboxylic acids is 1. The fourth-order valence-corrected chi connectivity index (χ4v) is 4.53. The molecule has 0 spiro atoms. The second kappa shape index (κ2) is 7.14. The Bertz CT molecular complexity index is 1230. The van der Waals surface area contributed by atoms with Crippen molar-refractivity contribution in [2.75, 3.05) is 6.61 Å². The van der Waals surface area contributed by atoms with Gasteiger partial charge < -0.3 is 19.1 Å². The molecule has 3 aromatic rings. The van der Waals surface area contributed by atoms with E-state index < -0.39 is 17.6 Å². The van der Waals surface area contributed by atoms with Crippen LogP contribution in [0.4, 0.5) is 0 Å². The van der Waals surface area contributed by atoms with E-state index >= 15 is 0 Å². The van der Waals surface area contributed by atoms with Crippen molar-refractivity contribution in [3.05, 3.63) is 61.3 Å². The van der Waals surface area contributed by atoms with E-state index in [2.05, 4.69) is 4.98 Å². The van der Waals surface area contributed by atoms with Gasteiger partial charge in [0, 0.05) is 23.9 Å². The number of ether oxygens (including phenoxy) is 2. The van der Waals surface area contributed by atoms with E-state index in [0.29, 0.717) is 34.4 Å². The molecule has 2 aromatic heterocycles. The molecular formula is C21H17ClN2O5S. The highest BCUT2D eigenvalue weighted by molar-refractivity contribution is 7.10. The average Bonchev–Trinajstić information content (AvgIpc) is 3.44. The van der Waals surface area contributed by atoms with Crippen LogP contribution in [0.15, 0.2) is 34.7 Å². The Kier molecular flexibility index (Phi) is 4.56. The minimum atomic E-state index is -1.30. The molecule has 30 heavy (non-hydrogen) atoms. The van der Waals surface area contributed by atoms with Gasteiger partial charge in [0.1, 0.15) is 27.1 Å². The molecule has 1 saturated carbocycles. The molecule has 0 amide bonds. The van der Waals surface area contributed by atoms with Gasteiger partial charge in [-0.1, -0.05) is 11.6 Å². The van der Waals surface area contributed by atoms with Gasteiger partial charge in [-0.25, -0.2) is 9.78 Å². The number of aryl methyl sites for hydroxylation is 1. The molecule has 2 aliphatic rings. The first kappa shape index (κ1) is 19.1. The molecule has 0 bridgehead atoms. The number of hydrogen-bond donors (Lipinski definition) is 1. The van der Waals surface area contributed by atoms with Gasteiger partial charge in [-0.05, 0) is 37.3 Å². The number of halogens is 1. The normalized spacial score (nSPS) is 17.1. The van der Waals surface area contributed by atoms with Crippen LogP contribution in [0.3, 0.4) is 0 Å². The number of hydrogen-bond acceptors (Lipinski definition) is 6. The molecule has 0 saturated heterocycles. The first-order valence-electron chi connectivity index (χ1n) is 9.45. The lowest BCUT2D eigenvalue weighted by Crippen LogP contribution is -2.27. The smallest absolute Gasteiger partial charge is 0.341 e. The van der Waals surface area contributed by atoms with Crippen LogP contribution in [0.25, 0.3) is 11.3 Å². The Morgan fingerprint density at radius 3 is 2.87 bits per heavy atom. The largest absolute Gasteiger partial charge is 0.493 e. The monoisotopic (exact) mass is 444 g/mol. The number of pyridine rings is 1. The lowest BCUT2D eigenvalue weighted by atomic mass is 10.0. The highest BCUT2D eigenvalue weighted by atomic mass is 35.5. The SMILES string of the molecule is Cc1cc2c(cc1OCC1CC1)OC(c1scnc1Cl)n1cc(C(=O)O)c(=O)cc1-2. The predicted octanol–water partition coefficient (Wildman–Crippen LogP) is 4.36. The molecule has 1 aromatic carbocycles. The van der Waals surface area contributed by atoms with Crippen molar-refractivity contribution < 1.29 is 19.4 Å². The fraction of sp³-hybridized carbons (Fsp3) is 0.286. The van der Waals surface area contributed by atoms with Crippen LogP contribution < -0.4 is 14.9 Å². The van der Waals surface area contributed by atoms with E-state index in [1.807, 2.05) is 19.1 Å². The molecule has 1 aliphatic carbocycles. The maximum Gasteiger partial charge on any atom is 0.341 e. The van der Waals surface area contributed by atoms with Gasteiger partial charge >= 0.3 is 5.97 Å². The van der Waals surface area contributed by atoms with Crippen LogP contribution in [0.5, 0.6) is 11.5 Å². The van der Waals surface area contributed by atoms with Crippen LogP contribution in [-0.4, -0.2) is 27.2 Å². The number of rotatable bonds is 5. The number of fused-ring (bicyclic) bond motifs is 3. The fourth-order valence-electron chi connectivity index (χ4n) is 3.49. The quantitative estimate of drug-likeness (QED) is 0.628. The summed E-state index contributed by atoms with van der Waals surface area (Å²) in [5.74, 6) is 0.588. The van der Waals surface area contributed by atoms with Crippen molar-refractivity contribution in [3.63, 3.8) is 0 Å². The summed E-state index contributed by atoms with van der Waals surface area (Å²) in [4.78, 5) is 28.7. The third-order valence-corrected chi connectivity index (χ3v) is 6.57. The maximum atomic E-state index is 12.4. The second-order valence-electron chi connectivity index (χ2n) is 7.49. The lowest BCUT2D eigenvalue weighted by molar-refractivity contribution is 0.0693. The summed E-state index contributed by atoms with van der Waals surface area (Å²) in [5.41, 5.74) is 2.85. The number of carboxylic acid groups (broad SMARTS) is 1. The summed E-state index contributed by atoms with van der Waals surface area (Å²) in [7, 11) is 0. The lowest BCUT2D eigenvalue weighted by Gasteiger charge is -2.31. The van der Waals surface area contributed by atoms with Gasteiger partial charge in [0.15, 0.2) is 5.43 Å². The first-order valence-corrected chi connectivity index (χ1v) is 10.7. The summed E-state index contributed by atoms with van der Waals surface area (Å²) in [5, 5.41) is 9.69. The van der Waals surface area contributed by atoms with Gasteiger partial charge in [-0.15, -0.1) is 11.3 Å². The van der Waals surface area contributed by atoms with Crippen molar-refractivity contribution in [1.29, 1.82) is 0 Å². The van der Waals surface area contributed by atoms with Crippen molar-refractivity contribution in [2.45, 2.75) is 26.0 Å². The molecule has 1 atom stereocenters. The van der Waals surface area contributed by atoms with Crippen molar-refractivity contribution in [1.82, 2.24) is 9.55 Å². The zero-order valence-electron chi connectivity index (χ0n) is 15.9. The highest BCUT2D eigenvalue weighted by Crippen LogP contribution is 2.45. The summed E-state index contributed by atoms with van der Waals surface area (Å²) in [6.07, 6.45) is 2.94. The van der Waals surface area contributed by atoms with Gasteiger partial charge in [-0.3, -0.25) is 4.79 Å². The number of thiazole rings is 1. The molecule has 9 heteroatoms. The molecule has 0 radical (unpaired) electrons. The van der Waals surface area contributed by atoms with Crippen molar-refractivity contribution >= 4 is 28.9 Å². The van der Waals surface area contributed by atoms with E-state index in [1.165, 1.54) is 36.4 Å². The zero-order valence-corrected chi connectivity index (χ0v) is 17.5. The molecule has 154 valence electrons. The van der Waals surface area contributed by atoms with E-state index in [4.69, 9.17) is 21.1 Å². The number of carboxylic acids is 1. The third kappa shape index (κ3) is 3.26. The van der Waals surface area contributed by atoms with Gasteiger partial charge in [0.25, 0.3) is 0 Å². The third-order valence-electron chi connectivity index (χ3n) is 5.30. The summed E-state index contributed by atoms with van der Waals surface area (Å²) >= 11 is 7.55. The molecule has 5 rings (SSSR count). The zero-order chi connectivity index (χ0) is 21.0. The Morgan fingerprint density at radius 1 is 1.40 bits per heavy atom. The first-order chi connectivity index (χ1) is 14.4. The Morgan fingerprint density at radius 2 is 2.20 bits per heavy atom. The van der Waals surface area contributed by atoms with E-state index in [9.17, 15) is 14.7 Å². The molecule has 1 aliphatic heterocycles. The molecule has 1 unspecified atom stereocenters. The Labute approximate surface area is 180 Å². The molecule has 1 N–H and O–H groups in total. The van der Waals surface area contributed by atoms with Crippen molar-refractivity contribution in [3.8, 4) is 22.8 Å². The van der Waals surface area contributed by atoms with Gasteiger partial charge in [-0.2, -0.15) is 0 Å². The molecular weight excluding hydrogens is 428 g/mol. The van der Waals surface area contributed by atoms with Gasteiger partial charge in [0.2, 0.25) is 6.23 Å². The molecule has 1 fully saturated rings. The summed E-state index contributed by atoms with van der Waals surface area (Å²) in [6, 6.07) is 5.05. The van der Waals surface area contributed by atoms with E-state index in [-0.39, 0.29) is 10.7 Å². The summed E-state index contributed by atoms with van der Waals surface area (Å²) < 4.78 is 13.8. The second-order valence-corrected chi connectivity index (χ2v) is 8.74. The maximum absolute atomic E-state index is 12.4. The predicted molar refractivity (Wildman–Crippen MR) is 112 cm³/mol. The number of nitrogens with zero attached hydrogens (tertiary/aromatic N) is 2. The highest BCUT2D eigenvalue weighted by Gasteiger charge is 2.32. The van der Waals surface area contributed by atoms with Gasteiger partial charge in [0.05, 0.1) is 17.8 Å². The van der Waals surface area contributed by atoms with Crippen LogP contribution in [0, 0.1) is 12.8 Å². The number of benzene rings is 1. The minimum absolute atomic E-state index is 0.271. The minimum Gasteiger partial charge on any atom is -0.493 e. The Hall–Kier alpha value is -2.84. The number of aromatic nitrogens is 2. The Balaban J connectivity index is 1.68. The topological polar surface area (TPSA) is 90.7 Å².